The van der Waals surface area contributed by atoms with Crippen LogP contribution in [0.2, 0.25) is 0 Å². The third kappa shape index (κ3) is 55.6. The van der Waals surface area contributed by atoms with E-state index in [1.165, 1.54) is 244 Å². The van der Waals surface area contributed by atoms with Crippen molar-refractivity contribution < 1.29 is 28.6 Å². The first-order valence-electron chi connectivity index (χ1n) is 31.3. The van der Waals surface area contributed by atoms with Crippen molar-refractivity contribution in [1.82, 2.24) is 0 Å². The summed E-state index contributed by atoms with van der Waals surface area (Å²) in [7, 11) is 0. The van der Waals surface area contributed by atoms with Gasteiger partial charge < -0.3 is 14.2 Å². The van der Waals surface area contributed by atoms with Gasteiger partial charge in [0, 0.05) is 19.3 Å². The van der Waals surface area contributed by atoms with E-state index in [0.717, 1.165) is 69.6 Å². The topological polar surface area (TPSA) is 78.9 Å². The maximum Gasteiger partial charge on any atom is 0.306 e. The van der Waals surface area contributed by atoms with Crippen LogP contribution >= 0.6 is 0 Å². The number of ether oxygens (including phenoxy) is 3. The summed E-state index contributed by atoms with van der Waals surface area (Å²) < 4.78 is 16.9. The maximum atomic E-state index is 12.9. The molecule has 0 heterocycles. The summed E-state index contributed by atoms with van der Waals surface area (Å²) in [5.41, 5.74) is 0. The molecule has 2 atom stereocenters. The minimum absolute atomic E-state index is 0.0624. The fourth-order valence-corrected chi connectivity index (χ4v) is 9.73. The van der Waals surface area contributed by atoms with Gasteiger partial charge in [0.25, 0.3) is 0 Å². The molecule has 0 aromatic rings. The number of unbranched alkanes of at least 4 members (excludes halogenated alkanes) is 41. The van der Waals surface area contributed by atoms with E-state index in [4.69, 9.17) is 14.2 Å². The molecule has 69 heavy (non-hydrogen) atoms. The molecule has 0 amide bonds. The standard InChI is InChI=1S/C63H122O6/c1-6-8-9-10-11-12-13-14-15-18-22-25-28-33-38-43-48-53-61(64)67-56-60(57-68-62(65)54-49-44-39-35-30-31-36-41-46-51-58(3)4)69-63(66)55-50-45-40-34-29-26-23-20-17-16-19-21-24-27-32-37-42-47-52-59(5)7-2/h58-60H,6-57H2,1-5H3/t59?,60-/m1/s1. The van der Waals surface area contributed by atoms with Crippen LogP contribution in [0.5, 0.6) is 0 Å². The van der Waals surface area contributed by atoms with Crippen LogP contribution in [0.3, 0.4) is 0 Å². The SMILES string of the molecule is CCCCCCCCCCCCCCCCCCCC(=O)OC[C@H](COC(=O)CCCCCCCCCCCC(C)C)OC(=O)CCCCCCCCCCCCCCCCCCCCC(C)CC. The lowest BCUT2D eigenvalue weighted by Gasteiger charge is -2.18. The molecule has 6 heteroatoms. The van der Waals surface area contributed by atoms with E-state index in [-0.39, 0.29) is 31.1 Å². The van der Waals surface area contributed by atoms with Crippen molar-refractivity contribution in [3.05, 3.63) is 0 Å². The lowest BCUT2D eigenvalue weighted by atomic mass is 9.99. The normalized spacial score (nSPS) is 12.4. The highest BCUT2D eigenvalue weighted by molar-refractivity contribution is 5.71. The Morgan fingerprint density at radius 1 is 0.304 bits per heavy atom. The fourth-order valence-electron chi connectivity index (χ4n) is 9.73. The molecule has 0 fully saturated rings. The van der Waals surface area contributed by atoms with Crippen molar-refractivity contribution in [2.24, 2.45) is 11.8 Å². The summed E-state index contributed by atoms with van der Waals surface area (Å²) in [4.78, 5) is 38.2. The van der Waals surface area contributed by atoms with Gasteiger partial charge in [-0.3, -0.25) is 14.4 Å². The van der Waals surface area contributed by atoms with E-state index < -0.39 is 6.10 Å². The van der Waals surface area contributed by atoms with Gasteiger partial charge in [-0.05, 0) is 31.1 Å². The molecule has 0 aliphatic heterocycles. The van der Waals surface area contributed by atoms with E-state index in [9.17, 15) is 14.4 Å². The van der Waals surface area contributed by atoms with Crippen LogP contribution in [0.1, 0.15) is 356 Å². The van der Waals surface area contributed by atoms with Crippen LogP contribution in [0.15, 0.2) is 0 Å². The molecule has 0 aliphatic rings. The minimum Gasteiger partial charge on any atom is -0.462 e. The number of carbonyl (C=O) groups excluding carboxylic acids is 3. The summed E-state index contributed by atoms with van der Waals surface area (Å²) in [5, 5.41) is 0. The van der Waals surface area contributed by atoms with Gasteiger partial charge in [-0.1, -0.05) is 317 Å². The molecule has 0 saturated carbocycles. The second-order valence-electron chi connectivity index (χ2n) is 22.4. The molecule has 410 valence electrons. The molecule has 0 saturated heterocycles. The number of carbonyl (C=O) groups is 3. The molecule has 0 radical (unpaired) electrons. The Labute approximate surface area is 431 Å². The second kappa shape index (κ2) is 55.7. The zero-order valence-electron chi connectivity index (χ0n) is 47.5. The molecule has 1 unspecified atom stereocenters. The van der Waals surface area contributed by atoms with E-state index in [0.29, 0.717) is 19.3 Å². The number of rotatable bonds is 57. The van der Waals surface area contributed by atoms with Crippen molar-refractivity contribution >= 4 is 17.9 Å². The Morgan fingerprint density at radius 2 is 0.551 bits per heavy atom. The molecule has 0 aromatic heterocycles. The Balaban J connectivity index is 4.24. The van der Waals surface area contributed by atoms with E-state index in [1.807, 2.05) is 0 Å². The quantitative estimate of drug-likeness (QED) is 0.0343. The van der Waals surface area contributed by atoms with Crippen LogP contribution in [0.25, 0.3) is 0 Å². The monoisotopic (exact) mass is 975 g/mol. The summed E-state index contributed by atoms with van der Waals surface area (Å²) in [5.74, 6) is 0.882. The second-order valence-corrected chi connectivity index (χ2v) is 22.4. The van der Waals surface area contributed by atoms with Crippen LogP contribution in [0, 0.1) is 11.8 Å². The third-order valence-electron chi connectivity index (χ3n) is 14.8. The van der Waals surface area contributed by atoms with E-state index >= 15 is 0 Å². The molecule has 0 aliphatic carbocycles. The minimum atomic E-state index is -0.763. The van der Waals surface area contributed by atoms with Gasteiger partial charge >= 0.3 is 17.9 Å². The lowest BCUT2D eigenvalue weighted by molar-refractivity contribution is -0.167. The van der Waals surface area contributed by atoms with Gasteiger partial charge in [-0.15, -0.1) is 0 Å². The zero-order valence-corrected chi connectivity index (χ0v) is 47.5. The van der Waals surface area contributed by atoms with E-state index in [2.05, 4.69) is 34.6 Å². The predicted molar refractivity (Wildman–Crippen MR) is 298 cm³/mol. The fraction of sp³-hybridized carbons (Fsp3) is 0.952. The Hall–Kier alpha value is -1.59. The smallest absolute Gasteiger partial charge is 0.306 e. The van der Waals surface area contributed by atoms with Gasteiger partial charge in [0.1, 0.15) is 13.2 Å². The summed E-state index contributed by atoms with van der Waals surface area (Å²) >= 11 is 0. The summed E-state index contributed by atoms with van der Waals surface area (Å²) in [6.07, 6.45) is 61.0. The average Bonchev–Trinajstić information content (AvgIpc) is 3.34. The van der Waals surface area contributed by atoms with Gasteiger partial charge in [0.05, 0.1) is 0 Å². The molecule has 0 bridgehead atoms. The number of hydrogen-bond acceptors (Lipinski definition) is 6. The van der Waals surface area contributed by atoms with Crippen LogP contribution in [-0.4, -0.2) is 37.2 Å². The van der Waals surface area contributed by atoms with Crippen LogP contribution < -0.4 is 0 Å². The van der Waals surface area contributed by atoms with Gasteiger partial charge in [-0.25, -0.2) is 0 Å². The van der Waals surface area contributed by atoms with Crippen LogP contribution in [0.4, 0.5) is 0 Å². The first kappa shape index (κ1) is 67.4. The first-order chi connectivity index (χ1) is 33.8. The molecule has 0 N–H and O–H groups in total. The van der Waals surface area contributed by atoms with Gasteiger partial charge in [0.2, 0.25) is 0 Å². The number of hydrogen-bond donors (Lipinski definition) is 0. The van der Waals surface area contributed by atoms with Crippen molar-refractivity contribution in [3.63, 3.8) is 0 Å². The molecule has 0 spiro atoms. The Morgan fingerprint density at radius 3 is 0.826 bits per heavy atom. The summed E-state index contributed by atoms with van der Waals surface area (Å²) in [6.45, 7) is 11.5. The summed E-state index contributed by atoms with van der Waals surface area (Å²) in [6, 6.07) is 0. The highest BCUT2D eigenvalue weighted by Crippen LogP contribution is 2.19. The highest BCUT2D eigenvalue weighted by atomic mass is 16.6. The van der Waals surface area contributed by atoms with Crippen molar-refractivity contribution in [2.45, 2.75) is 362 Å². The van der Waals surface area contributed by atoms with Gasteiger partial charge in [0.15, 0.2) is 6.10 Å². The molecule has 6 nitrogen and oxygen atoms in total. The van der Waals surface area contributed by atoms with Crippen molar-refractivity contribution in [3.8, 4) is 0 Å². The zero-order chi connectivity index (χ0) is 50.4. The first-order valence-corrected chi connectivity index (χ1v) is 31.3. The Kier molecular flexibility index (Phi) is 54.4. The van der Waals surface area contributed by atoms with Gasteiger partial charge in [-0.2, -0.15) is 0 Å². The third-order valence-corrected chi connectivity index (χ3v) is 14.8. The number of esters is 3. The lowest BCUT2D eigenvalue weighted by Crippen LogP contribution is -2.30. The maximum absolute atomic E-state index is 12.9. The molecular weight excluding hydrogens is 853 g/mol. The molecular formula is C63H122O6. The van der Waals surface area contributed by atoms with Crippen molar-refractivity contribution in [1.29, 1.82) is 0 Å². The molecule has 0 rings (SSSR count). The van der Waals surface area contributed by atoms with E-state index in [1.54, 1.807) is 0 Å². The largest absolute Gasteiger partial charge is 0.462 e. The van der Waals surface area contributed by atoms with Crippen LogP contribution in [-0.2, 0) is 28.6 Å². The van der Waals surface area contributed by atoms with Crippen molar-refractivity contribution in [2.75, 3.05) is 13.2 Å². The highest BCUT2D eigenvalue weighted by Gasteiger charge is 2.19. The predicted octanol–water partition coefficient (Wildman–Crippen LogP) is 20.8. The average molecular weight is 976 g/mol. The molecule has 0 aromatic carbocycles. The Bertz CT molecular complexity index is 1060.